The van der Waals surface area contributed by atoms with Crippen LogP contribution in [0.3, 0.4) is 0 Å². The highest BCUT2D eigenvalue weighted by Gasteiger charge is 2.06. The van der Waals surface area contributed by atoms with Crippen molar-refractivity contribution in [1.82, 2.24) is 4.98 Å². The number of pyridine rings is 1. The van der Waals surface area contributed by atoms with Gasteiger partial charge in [0.05, 0.1) is 24.9 Å². The van der Waals surface area contributed by atoms with Gasteiger partial charge in [-0.15, -0.1) is 0 Å². The van der Waals surface area contributed by atoms with Gasteiger partial charge in [0.2, 0.25) is 0 Å². The second-order valence-electron chi connectivity index (χ2n) is 4.37. The van der Waals surface area contributed by atoms with Gasteiger partial charge >= 0.3 is 5.97 Å². The molecule has 0 aliphatic heterocycles. The van der Waals surface area contributed by atoms with Crippen molar-refractivity contribution in [3.05, 3.63) is 57.8 Å². The van der Waals surface area contributed by atoms with Crippen LogP contribution in [0.25, 0.3) is 0 Å². The smallest absolute Gasteiger partial charge is 0.339 e. The predicted octanol–water partition coefficient (Wildman–Crippen LogP) is 3.55. The van der Waals surface area contributed by atoms with Gasteiger partial charge in [0, 0.05) is 16.4 Å². The minimum absolute atomic E-state index is 0.376. The SMILES string of the molecule is COC(=O)c1ccc(CNc2cc(C)ccc2Br)nc1. The maximum absolute atomic E-state index is 11.3. The Labute approximate surface area is 126 Å². The van der Waals surface area contributed by atoms with Crippen LogP contribution in [-0.2, 0) is 11.3 Å². The van der Waals surface area contributed by atoms with E-state index in [0.717, 1.165) is 15.9 Å². The first kappa shape index (κ1) is 14.5. The summed E-state index contributed by atoms with van der Waals surface area (Å²) in [5.74, 6) is -0.376. The van der Waals surface area contributed by atoms with Gasteiger partial charge in [0.25, 0.3) is 0 Å². The minimum atomic E-state index is -0.376. The molecular weight excluding hydrogens is 320 g/mol. The maximum atomic E-state index is 11.3. The Hall–Kier alpha value is -1.88. The number of carbonyl (C=O) groups is 1. The number of hydrogen-bond acceptors (Lipinski definition) is 4. The summed E-state index contributed by atoms with van der Waals surface area (Å²) in [6.45, 7) is 2.63. The Morgan fingerprint density at radius 3 is 2.80 bits per heavy atom. The molecule has 0 aliphatic carbocycles. The largest absolute Gasteiger partial charge is 0.465 e. The number of aromatic nitrogens is 1. The molecule has 1 N–H and O–H groups in total. The third kappa shape index (κ3) is 3.57. The number of rotatable bonds is 4. The van der Waals surface area contributed by atoms with Crippen molar-refractivity contribution in [2.45, 2.75) is 13.5 Å². The van der Waals surface area contributed by atoms with Crippen LogP contribution in [-0.4, -0.2) is 18.1 Å². The maximum Gasteiger partial charge on any atom is 0.339 e. The average Bonchev–Trinajstić information content (AvgIpc) is 2.48. The Bertz CT molecular complexity index is 612. The topological polar surface area (TPSA) is 51.2 Å². The van der Waals surface area contributed by atoms with Crippen LogP contribution in [0.1, 0.15) is 21.6 Å². The highest BCUT2D eigenvalue weighted by molar-refractivity contribution is 9.10. The molecule has 0 saturated heterocycles. The van der Waals surface area contributed by atoms with Gasteiger partial charge in [-0.25, -0.2) is 4.79 Å². The van der Waals surface area contributed by atoms with Crippen molar-refractivity contribution in [2.24, 2.45) is 0 Å². The first-order valence-corrected chi connectivity index (χ1v) is 6.92. The number of nitrogens with one attached hydrogen (secondary N) is 1. The van der Waals surface area contributed by atoms with Gasteiger partial charge in [0.15, 0.2) is 0 Å². The van der Waals surface area contributed by atoms with E-state index in [1.165, 1.54) is 18.9 Å². The fraction of sp³-hybridized carbons (Fsp3) is 0.200. The van der Waals surface area contributed by atoms with E-state index >= 15 is 0 Å². The molecule has 2 aromatic rings. The summed E-state index contributed by atoms with van der Waals surface area (Å²) in [6.07, 6.45) is 1.52. The van der Waals surface area contributed by atoms with Crippen LogP contribution in [0, 0.1) is 6.92 Å². The fourth-order valence-electron chi connectivity index (χ4n) is 1.73. The number of halogens is 1. The van der Waals surface area contributed by atoms with Crippen molar-refractivity contribution in [3.8, 4) is 0 Å². The van der Waals surface area contributed by atoms with Crippen molar-refractivity contribution in [2.75, 3.05) is 12.4 Å². The zero-order chi connectivity index (χ0) is 14.5. The summed E-state index contributed by atoms with van der Waals surface area (Å²) in [5.41, 5.74) is 3.51. The van der Waals surface area contributed by atoms with E-state index in [4.69, 9.17) is 0 Å². The minimum Gasteiger partial charge on any atom is -0.465 e. The third-order valence-electron chi connectivity index (χ3n) is 2.83. The van der Waals surface area contributed by atoms with Crippen LogP contribution in [0.4, 0.5) is 5.69 Å². The highest BCUT2D eigenvalue weighted by atomic mass is 79.9. The van der Waals surface area contributed by atoms with E-state index < -0.39 is 0 Å². The fourth-order valence-corrected chi connectivity index (χ4v) is 2.11. The van der Waals surface area contributed by atoms with Crippen molar-refractivity contribution < 1.29 is 9.53 Å². The Morgan fingerprint density at radius 1 is 1.35 bits per heavy atom. The molecule has 0 unspecified atom stereocenters. The average molecular weight is 335 g/mol. The molecule has 20 heavy (non-hydrogen) atoms. The molecule has 1 aromatic heterocycles. The lowest BCUT2D eigenvalue weighted by atomic mass is 10.2. The number of carbonyl (C=O) groups excluding carboxylic acids is 1. The van der Waals surface area contributed by atoms with Crippen molar-refractivity contribution >= 4 is 27.6 Å². The summed E-state index contributed by atoms with van der Waals surface area (Å²) < 4.78 is 5.64. The molecule has 104 valence electrons. The summed E-state index contributed by atoms with van der Waals surface area (Å²) in [4.78, 5) is 15.5. The lowest BCUT2D eigenvalue weighted by Gasteiger charge is -2.09. The van der Waals surface area contributed by atoms with Crippen LogP contribution in [0.2, 0.25) is 0 Å². The molecule has 2 rings (SSSR count). The molecule has 0 spiro atoms. The van der Waals surface area contributed by atoms with Gasteiger partial charge in [-0.3, -0.25) is 4.98 Å². The summed E-state index contributed by atoms with van der Waals surface area (Å²) >= 11 is 3.50. The number of nitrogens with zero attached hydrogens (tertiary/aromatic N) is 1. The quantitative estimate of drug-likeness (QED) is 0.868. The lowest BCUT2D eigenvalue weighted by molar-refractivity contribution is 0.0600. The zero-order valence-corrected chi connectivity index (χ0v) is 12.9. The monoisotopic (exact) mass is 334 g/mol. The molecule has 4 nitrogen and oxygen atoms in total. The normalized spacial score (nSPS) is 10.2. The third-order valence-corrected chi connectivity index (χ3v) is 3.52. The van der Waals surface area contributed by atoms with Gasteiger partial charge in [-0.2, -0.15) is 0 Å². The van der Waals surface area contributed by atoms with Crippen LogP contribution >= 0.6 is 15.9 Å². The Morgan fingerprint density at radius 2 is 2.15 bits per heavy atom. The Balaban J connectivity index is 2.04. The van der Waals surface area contributed by atoms with Gasteiger partial charge in [0.1, 0.15) is 0 Å². The molecule has 1 heterocycles. The van der Waals surface area contributed by atoms with E-state index in [9.17, 15) is 4.79 Å². The first-order chi connectivity index (χ1) is 9.60. The van der Waals surface area contributed by atoms with E-state index in [-0.39, 0.29) is 5.97 Å². The van der Waals surface area contributed by atoms with E-state index in [0.29, 0.717) is 12.1 Å². The second-order valence-corrected chi connectivity index (χ2v) is 5.22. The summed E-state index contributed by atoms with van der Waals surface area (Å²) in [6, 6.07) is 9.63. The number of esters is 1. The van der Waals surface area contributed by atoms with Gasteiger partial charge in [-0.05, 0) is 52.7 Å². The van der Waals surface area contributed by atoms with E-state index in [1.54, 1.807) is 6.07 Å². The van der Waals surface area contributed by atoms with E-state index in [2.05, 4.69) is 37.0 Å². The number of anilines is 1. The summed E-state index contributed by atoms with van der Waals surface area (Å²) in [7, 11) is 1.35. The van der Waals surface area contributed by atoms with Crippen LogP contribution in [0.15, 0.2) is 41.0 Å². The molecule has 0 saturated carbocycles. The molecule has 0 aliphatic rings. The molecule has 0 amide bonds. The van der Waals surface area contributed by atoms with Crippen molar-refractivity contribution in [3.63, 3.8) is 0 Å². The molecule has 0 bridgehead atoms. The molecule has 0 atom stereocenters. The standard InChI is InChI=1S/C15H15BrN2O2/c1-10-3-6-13(16)14(7-10)18-9-12-5-4-11(8-17-12)15(19)20-2/h3-8,18H,9H2,1-2H3. The predicted molar refractivity (Wildman–Crippen MR) is 81.8 cm³/mol. The number of ether oxygens (including phenoxy) is 1. The molecule has 1 aromatic carbocycles. The van der Waals surface area contributed by atoms with E-state index in [1.807, 2.05) is 25.1 Å². The number of aryl methyl sites for hydroxylation is 1. The number of benzene rings is 1. The number of methoxy groups -OCH3 is 1. The van der Waals surface area contributed by atoms with Crippen molar-refractivity contribution in [1.29, 1.82) is 0 Å². The number of hydrogen-bond donors (Lipinski definition) is 1. The van der Waals surface area contributed by atoms with Crippen LogP contribution in [0.5, 0.6) is 0 Å². The summed E-state index contributed by atoms with van der Waals surface area (Å²) in [5, 5.41) is 3.31. The highest BCUT2D eigenvalue weighted by Crippen LogP contribution is 2.23. The van der Waals surface area contributed by atoms with Gasteiger partial charge < -0.3 is 10.1 Å². The first-order valence-electron chi connectivity index (χ1n) is 6.13. The van der Waals surface area contributed by atoms with Crippen LogP contribution < -0.4 is 5.32 Å². The zero-order valence-electron chi connectivity index (χ0n) is 11.3. The molecule has 0 radical (unpaired) electrons. The second kappa shape index (κ2) is 6.52. The molecular formula is C15H15BrN2O2. The van der Waals surface area contributed by atoms with Gasteiger partial charge in [-0.1, -0.05) is 6.07 Å². The molecule has 5 heteroatoms. The lowest BCUT2D eigenvalue weighted by Crippen LogP contribution is -2.05. The molecule has 0 fully saturated rings. The Kier molecular flexibility index (Phi) is 4.74.